The minimum Gasteiger partial charge on any atom is -0.480 e. The van der Waals surface area contributed by atoms with Crippen LogP contribution >= 0.6 is 0 Å². The second-order valence-corrected chi connectivity index (χ2v) is 6.01. The molecule has 0 fully saturated rings. The van der Waals surface area contributed by atoms with Gasteiger partial charge >= 0.3 is 5.97 Å². The molecule has 0 aliphatic carbocycles. The first-order valence-electron chi connectivity index (χ1n) is 6.99. The normalized spacial score (nSPS) is 11.8. The van der Waals surface area contributed by atoms with Gasteiger partial charge in [0.15, 0.2) is 0 Å². The van der Waals surface area contributed by atoms with E-state index in [-0.39, 0.29) is 12.5 Å². The van der Waals surface area contributed by atoms with Crippen LogP contribution in [0.4, 0.5) is 5.69 Å². The maximum Gasteiger partial charge on any atom is 0.323 e. The van der Waals surface area contributed by atoms with Crippen molar-refractivity contribution in [2.45, 2.75) is 39.2 Å². The Balaban J connectivity index is 2.77. The van der Waals surface area contributed by atoms with Crippen molar-refractivity contribution >= 4 is 17.6 Å². The van der Waals surface area contributed by atoms with Gasteiger partial charge < -0.3 is 10.4 Å². The van der Waals surface area contributed by atoms with Gasteiger partial charge in [-0.25, -0.2) is 0 Å². The number of carbonyl (C=O) groups excluding carboxylic acids is 1. The molecule has 2 N–H and O–H groups in total. The van der Waals surface area contributed by atoms with E-state index >= 15 is 0 Å². The van der Waals surface area contributed by atoms with Crippen LogP contribution in [0.15, 0.2) is 24.3 Å². The van der Waals surface area contributed by atoms with Crippen LogP contribution in [-0.4, -0.2) is 41.0 Å². The number of carbonyl (C=O) groups is 2. The third-order valence-corrected chi connectivity index (χ3v) is 3.72. The van der Waals surface area contributed by atoms with Gasteiger partial charge in [-0.05, 0) is 38.4 Å². The summed E-state index contributed by atoms with van der Waals surface area (Å²) < 4.78 is 0. The summed E-state index contributed by atoms with van der Waals surface area (Å²) in [4.78, 5) is 24.8. The van der Waals surface area contributed by atoms with Crippen molar-refractivity contribution < 1.29 is 14.7 Å². The SMILES string of the molecule is CC(C)c1ccccc1NC(=O)CN(C)C(C)(C)C(=O)O. The van der Waals surface area contributed by atoms with E-state index in [0.717, 1.165) is 11.3 Å². The Hall–Kier alpha value is -1.88. The smallest absolute Gasteiger partial charge is 0.323 e. The van der Waals surface area contributed by atoms with Crippen molar-refractivity contribution in [3.63, 3.8) is 0 Å². The van der Waals surface area contributed by atoms with Gasteiger partial charge in [0, 0.05) is 5.69 Å². The number of anilines is 1. The lowest BCUT2D eigenvalue weighted by molar-refractivity contribution is -0.148. The number of aliphatic carboxylic acids is 1. The van der Waals surface area contributed by atoms with Gasteiger partial charge in [0.2, 0.25) is 5.91 Å². The average Bonchev–Trinajstić information content (AvgIpc) is 2.38. The molecule has 0 saturated carbocycles. The zero-order valence-corrected chi connectivity index (χ0v) is 13.3. The van der Waals surface area contributed by atoms with Crippen molar-refractivity contribution in [1.82, 2.24) is 4.90 Å². The molecule has 0 aliphatic heterocycles. The summed E-state index contributed by atoms with van der Waals surface area (Å²) in [6.07, 6.45) is 0. The number of para-hydroxylation sites is 1. The molecule has 0 unspecified atom stereocenters. The summed E-state index contributed by atoms with van der Waals surface area (Å²) in [6.45, 7) is 7.29. The summed E-state index contributed by atoms with van der Waals surface area (Å²) in [6, 6.07) is 7.64. The first-order valence-corrected chi connectivity index (χ1v) is 6.99. The third-order valence-electron chi connectivity index (χ3n) is 3.72. The van der Waals surface area contributed by atoms with Gasteiger partial charge in [0.1, 0.15) is 5.54 Å². The molecule has 1 aromatic rings. The highest BCUT2D eigenvalue weighted by atomic mass is 16.4. The zero-order valence-electron chi connectivity index (χ0n) is 13.3. The molecule has 21 heavy (non-hydrogen) atoms. The van der Waals surface area contributed by atoms with Crippen LogP contribution < -0.4 is 5.32 Å². The molecule has 1 aromatic carbocycles. The predicted octanol–water partition coefficient (Wildman–Crippen LogP) is 2.54. The second kappa shape index (κ2) is 6.72. The molecule has 0 radical (unpaired) electrons. The Labute approximate surface area is 126 Å². The number of amides is 1. The molecule has 1 rings (SSSR count). The van der Waals surface area contributed by atoms with Crippen LogP contribution in [0.2, 0.25) is 0 Å². The number of benzene rings is 1. The van der Waals surface area contributed by atoms with E-state index in [1.807, 2.05) is 24.3 Å². The minimum absolute atomic E-state index is 0.0196. The molecule has 5 nitrogen and oxygen atoms in total. The molecule has 1 amide bonds. The highest BCUT2D eigenvalue weighted by molar-refractivity contribution is 5.93. The van der Waals surface area contributed by atoms with Gasteiger partial charge in [-0.3, -0.25) is 14.5 Å². The van der Waals surface area contributed by atoms with Crippen molar-refractivity contribution in [2.24, 2.45) is 0 Å². The van der Waals surface area contributed by atoms with Crippen LogP contribution in [0.5, 0.6) is 0 Å². The minimum atomic E-state index is -1.09. The van der Waals surface area contributed by atoms with Crippen LogP contribution in [0.3, 0.4) is 0 Å². The first kappa shape index (κ1) is 17.2. The number of nitrogens with one attached hydrogen (secondary N) is 1. The highest BCUT2D eigenvalue weighted by Crippen LogP contribution is 2.23. The standard InChI is InChI=1S/C16H24N2O3/c1-11(2)12-8-6-7-9-13(12)17-14(19)10-18(5)16(3,4)15(20)21/h6-9,11H,10H2,1-5H3,(H,17,19)(H,20,21). The Morgan fingerprint density at radius 1 is 1.29 bits per heavy atom. The summed E-state index contributed by atoms with van der Waals surface area (Å²) in [5, 5.41) is 12.0. The monoisotopic (exact) mass is 292 g/mol. The topological polar surface area (TPSA) is 69.6 Å². The predicted molar refractivity (Wildman–Crippen MR) is 83.5 cm³/mol. The van der Waals surface area contributed by atoms with E-state index in [9.17, 15) is 9.59 Å². The maximum atomic E-state index is 12.1. The molecule has 0 aliphatic rings. The van der Waals surface area contributed by atoms with Crippen LogP contribution in [-0.2, 0) is 9.59 Å². The number of carboxylic acid groups (broad SMARTS) is 1. The van der Waals surface area contributed by atoms with E-state index in [1.165, 1.54) is 4.90 Å². The lowest BCUT2D eigenvalue weighted by Gasteiger charge is -2.30. The molecule has 116 valence electrons. The molecule has 0 bridgehead atoms. The zero-order chi connectivity index (χ0) is 16.2. The first-order chi connectivity index (χ1) is 9.66. The molecule has 0 heterocycles. The summed E-state index contributed by atoms with van der Waals surface area (Å²) in [5.74, 6) is -0.880. The lowest BCUT2D eigenvalue weighted by Crippen LogP contribution is -2.50. The van der Waals surface area contributed by atoms with Crippen molar-refractivity contribution in [3.05, 3.63) is 29.8 Å². The Kier molecular flexibility index (Phi) is 5.49. The van der Waals surface area contributed by atoms with Gasteiger partial charge in [-0.1, -0.05) is 32.0 Å². The van der Waals surface area contributed by atoms with Gasteiger partial charge in [0.05, 0.1) is 6.54 Å². The van der Waals surface area contributed by atoms with Crippen molar-refractivity contribution in [2.75, 3.05) is 18.9 Å². The van der Waals surface area contributed by atoms with Gasteiger partial charge in [-0.15, -0.1) is 0 Å². The van der Waals surface area contributed by atoms with E-state index in [1.54, 1.807) is 20.9 Å². The lowest BCUT2D eigenvalue weighted by atomic mass is 10.0. The fourth-order valence-corrected chi connectivity index (χ4v) is 1.88. The number of likely N-dealkylation sites (N-methyl/N-ethyl adjacent to an activating group) is 1. The fraction of sp³-hybridized carbons (Fsp3) is 0.500. The maximum absolute atomic E-state index is 12.1. The van der Waals surface area contributed by atoms with E-state index in [0.29, 0.717) is 5.92 Å². The van der Waals surface area contributed by atoms with E-state index in [2.05, 4.69) is 19.2 Å². The molecule has 5 heteroatoms. The number of hydrogen-bond acceptors (Lipinski definition) is 3. The van der Waals surface area contributed by atoms with E-state index in [4.69, 9.17) is 5.11 Å². The largest absolute Gasteiger partial charge is 0.480 e. The Morgan fingerprint density at radius 3 is 2.38 bits per heavy atom. The van der Waals surface area contributed by atoms with Gasteiger partial charge in [0.25, 0.3) is 0 Å². The summed E-state index contributed by atoms with van der Waals surface area (Å²) in [7, 11) is 1.63. The molecular weight excluding hydrogens is 268 g/mol. The quantitative estimate of drug-likeness (QED) is 0.845. The third kappa shape index (κ3) is 4.29. The Morgan fingerprint density at radius 2 is 1.86 bits per heavy atom. The number of nitrogens with zero attached hydrogens (tertiary/aromatic N) is 1. The highest BCUT2D eigenvalue weighted by Gasteiger charge is 2.33. The van der Waals surface area contributed by atoms with Crippen molar-refractivity contribution in [3.8, 4) is 0 Å². The Bertz CT molecular complexity index is 524. The second-order valence-electron chi connectivity index (χ2n) is 6.01. The molecule has 0 aromatic heterocycles. The summed E-state index contributed by atoms with van der Waals surface area (Å²) in [5.41, 5.74) is 0.750. The van der Waals surface area contributed by atoms with Crippen LogP contribution in [0.25, 0.3) is 0 Å². The molecule has 0 saturated heterocycles. The summed E-state index contributed by atoms with van der Waals surface area (Å²) >= 11 is 0. The van der Waals surface area contributed by atoms with Crippen LogP contribution in [0, 0.1) is 0 Å². The molecule has 0 atom stereocenters. The number of carboxylic acids is 1. The number of hydrogen-bond donors (Lipinski definition) is 2. The van der Waals surface area contributed by atoms with Crippen molar-refractivity contribution in [1.29, 1.82) is 0 Å². The number of rotatable bonds is 6. The average molecular weight is 292 g/mol. The van der Waals surface area contributed by atoms with Gasteiger partial charge in [-0.2, -0.15) is 0 Å². The molecule has 0 spiro atoms. The molecular formula is C16H24N2O3. The fourth-order valence-electron chi connectivity index (χ4n) is 1.88. The van der Waals surface area contributed by atoms with E-state index < -0.39 is 11.5 Å². The van der Waals surface area contributed by atoms with Crippen LogP contribution in [0.1, 0.15) is 39.2 Å².